The van der Waals surface area contributed by atoms with Crippen LogP contribution in [0.25, 0.3) is 0 Å². The summed E-state index contributed by atoms with van der Waals surface area (Å²) in [6, 6.07) is 6.73. The molecule has 2 aromatic rings. The molecular formula is C11H11N5O2. The SMILES string of the molecule is Cc1nnc(N/N=C/c2ccccc2O)[nH]c1=O. The quantitative estimate of drug-likeness (QED) is 0.543. The van der Waals surface area contributed by atoms with Crippen LogP contribution in [-0.2, 0) is 0 Å². The van der Waals surface area contributed by atoms with Gasteiger partial charge >= 0.3 is 0 Å². The van der Waals surface area contributed by atoms with Gasteiger partial charge in [-0.05, 0) is 19.1 Å². The number of rotatable bonds is 3. The van der Waals surface area contributed by atoms with E-state index in [9.17, 15) is 9.90 Å². The first-order valence-electron chi connectivity index (χ1n) is 5.17. The topological polar surface area (TPSA) is 103 Å². The van der Waals surface area contributed by atoms with Crippen molar-refractivity contribution in [1.29, 1.82) is 0 Å². The smallest absolute Gasteiger partial charge is 0.274 e. The summed E-state index contributed by atoms with van der Waals surface area (Å²) in [6.07, 6.45) is 1.41. The Bertz CT molecular complexity index is 635. The normalized spacial score (nSPS) is 10.7. The molecule has 1 heterocycles. The summed E-state index contributed by atoms with van der Waals surface area (Å²) < 4.78 is 0. The predicted molar refractivity (Wildman–Crippen MR) is 66.7 cm³/mol. The van der Waals surface area contributed by atoms with Gasteiger partial charge in [0.15, 0.2) is 0 Å². The highest BCUT2D eigenvalue weighted by Crippen LogP contribution is 2.12. The van der Waals surface area contributed by atoms with Crippen molar-refractivity contribution in [1.82, 2.24) is 15.2 Å². The van der Waals surface area contributed by atoms with Crippen molar-refractivity contribution in [3.63, 3.8) is 0 Å². The first-order valence-corrected chi connectivity index (χ1v) is 5.17. The van der Waals surface area contributed by atoms with Crippen LogP contribution in [0.15, 0.2) is 34.2 Å². The number of anilines is 1. The van der Waals surface area contributed by atoms with E-state index >= 15 is 0 Å². The van der Waals surface area contributed by atoms with Crippen LogP contribution in [0.4, 0.5) is 5.95 Å². The van der Waals surface area contributed by atoms with Crippen LogP contribution >= 0.6 is 0 Å². The molecule has 92 valence electrons. The molecule has 0 saturated heterocycles. The van der Waals surface area contributed by atoms with Gasteiger partial charge in [0.05, 0.1) is 6.21 Å². The van der Waals surface area contributed by atoms with E-state index in [-0.39, 0.29) is 23.0 Å². The van der Waals surface area contributed by atoms with Crippen molar-refractivity contribution in [2.24, 2.45) is 5.10 Å². The van der Waals surface area contributed by atoms with Crippen LogP contribution in [0.1, 0.15) is 11.3 Å². The van der Waals surface area contributed by atoms with Crippen LogP contribution < -0.4 is 11.0 Å². The second-order valence-electron chi connectivity index (χ2n) is 3.52. The number of aromatic nitrogens is 3. The van der Waals surface area contributed by atoms with Crippen molar-refractivity contribution in [3.05, 3.63) is 45.9 Å². The maximum absolute atomic E-state index is 11.2. The fourth-order valence-electron chi connectivity index (χ4n) is 1.20. The molecule has 1 aromatic carbocycles. The van der Waals surface area contributed by atoms with E-state index in [4.69, 9.17) is 0 Å². The second-order valence-corrected chi connectivity index (χ2v) is 3.52. The lowest BCUT2D eigenvalue weighted by molar-refractivity contribution is 0.474. The third-order valence-electron chi connectivity index (χ3n) is 2.17. The Labute approximate surface area is 102 Å². The van der Waals surface area contributed by atoms with Crippen molar-refractivity contribution < 1.29 is 5.11 Å². The number of hydrogen-bond donors (Lipinski definition) is 3. The highest BCUT2D eigenvalue weighted by atomic mass is 16.3. The second kappa shape index (κ2) is 5.09. The van der Waals surface area contributed by atoms with Gasteiger partial charge in [0.25, 0.3) is 5.56 Å². The largest absolute Gasteiger partial charge is 0.507 e. The van der Waals surface area contributed by atoms with E-state index in [0.29, 0.717) is 5.56 Å². The van der Waals surface area contributed by atoms with Crippen molar-refractivity contribution >= 4 is 12.2 Å². The standard InChI is InChI=1S/C11H11N5O2/c1-7-10(18)13-11(16-14-7)15-12-6-8-4-2-3-5-9(8)17/h2-6,17H,1H3,(H2,13,15,16,18)/b12-6+. The molecule has 0 radical (unpaired) electrons. The Morgan fingerprint density at radius 3 is 2.89 bits per heavy atom. The van der Waals surface area contributed by atoms with Crippen LogP contribution in [-0.4, -0.2) is 26.5 Å². The molecule has 0 bridgehead atoms. The fourth-order valence-corrected chi connectivity index (χ4v) is 1.20. The average molecular weight is 245 g/mol. The maximum atomic E-state index is 11.2. The van der Waals surface area contributed by atoms with Crippen LogP contribution in [0.3, 0.4) is 0 Å². The number of nitrogens with one attached hydrogen (secondary N) is 2. The van der Waals surface area contributed by atoms with Gasteiger partial charge in [0.2, 0.25) is 5.95 Å². The lowest BCUT2D eigenvalue weighted by Crippen LogP contribution is -2.15. The van der Waals surface area contributed by atoms with Crippen molar-refractivity contribution in [3.8, 4) is 5.75 Å². The zero-order valence-corrected chi connectivity index (χ0v) is 9.58. The summed E-state index contributed by atoms with van der Waals surface area (Å²) in [5.74, 6) is 0.254. The van der Waals surface area contributed by atoms with Crippen LogP contribution in [0.2, 0.25) is 0 Å². The van der Waals surface area contributed by atoms with Crippen molar-refractivity contribution in [2.75, 3.05) is 5.43 Å². The van der Waals surface area contributed by atoms with E-state index in [1.54, 1.807) is 31.2 Å². The Morgan fingerprint density at radius 1 is 1.39 bits per heavy atom. The highest BCUT2D eigenvalue weighted by Gasteiger charge is 1.98. The van der Waals surface area contributed by atoms with E-state index in [1.807, 2.05) is 0 Å². The summed E-state index contributed by atoms with van der Waals surface area (Å²) in [5.41, 5.74) is 3.02. The average Bonchev–Trinajstić information content (AvgIpc) is 2.36. The zero-order chi connectivity index (χ0) is 13.0. The number of phenolic OH excluding ortho intramolecular Hbond substituents is 1. The Kier molecular flexibility index (Phi) is 3.33. The molecule has 0 amide bonds. The molecule has 0 atom stereocenters. The number of aromatic hydroxyl groups is 1. The molecule has 0 aliphatic rings. The number of benzene rings is 1. The summed E-state index contributed by atoms with van der Waals surface area (Å²) in [7, 11) is 0. The Balaban J connectivity index is 2.10. The number of aromatic amines is 1. The molecule has 0 aliphatic heterocycles. The highest BCUT2D eigenvalue weighted by molar-refractivity contribution is 5.83. The minimum atomic E-state index is -0.328. The number of H-pyrrole nitrogens is 1. The molecule has 0 spiro atoms. The van der Waals surface area contributed by atoms with Gasteiger partial charge in [0.1, 0.15) is 11.4 Å². The van der Waals surface area contributed by atoms with E-state index in [1.165, 1.54) is 6.21 Å². The van der Waals surface area contributed by atoms with Gasteiger partial charge in [-0.15, -0.1) is 10.2 Å². The maximum Gasteiger partial charge on any atom is 0.274 e. The molecular weight excluding hydrogens is 234 g/mol. The fraction of sp³-hybridized carbons (Fsp3) is 0.0909. The molecule has 0 aliphatic carbocycles. The molecule has 0 saturated carbocycles. The van der Waals surface area contributed by atoms with Gasteiger partial charge in [-0.25, -0.2) is 5.43 Å². The molecule has 3 N–H and O–H groups in total. The lowest BCUT2D eigenvalue weighted by atomic mass is 10.2. The van der Waals surface area contributed by atoms with Crippen molar-refractivity contribution in [2.45, 2.75) is 6.92 Å². The number of phenols is 1. The molecule has 18 heavy (non-hydrogen) atoms. The third-order valence-corrected chi connectivity index (χ3v) is 2.17. The van der Waals surface area contributed by atoms with Gasteiger partial charge in [-0.3, -0.25) is 9.78 Å². The Morgan fingerprint density at radius 2 is 2.17 bits per heavy atom. The predicted octanol–water partition coefficient (Wildman–Crippen LogP) is 0.625. The van der Waals surface area contributed by atoms with E-state index in [0.717, 1.165) is 0 Å². The number of hydrogen-bond acceptors (Lipinski definition) is 6. The van der Waals surface area contributed by atoms with E-state index in [2.05, 4.69) is 25.7 Å². The monoisotopic (exact) mass is 245 g/mol. The zero-order valence-electron chi connectivity index (χ0n) is 9.58. The van der Waals surface area contributed by atoms with Crippen LogP contribution in [0.5, 0.6) is 5.75 Å². The third kappa shape index (κ3) is 2.70. The van der Waals surface area contributed by atoms with Gasteiger partial charge < -0.3 is 5.11 Å². The molecule has 1 aromatic heterocycles. The summed E-state index contributed by atoms with van der Waals surface area (Å²) in [5, 5.41) is 20.7. The first-order chi connectivity index (χ1) is 8.66. The first kappa shape index (κ1) is 11.8. The minimum Gasteiger partial charge on any atom is -0.507 e. The summed E-state index contributed by atoms with van der Waals surface area (Å²) >= 11 is 0. The molecule has 7 heteroatoms. The number of nitrogens with zero attached hydrogens (tertiary/aromatic N) is 3. The molecule has 2 rings (SSSR count). The molecule has 0 fully saturated rings. The number of para-hydroxylation sites is 1. The van der Waals surface area contributed by atoms with E-state index < -0.39 is 0 Å². The van der Waals surface area contributed by atoms with Gasteiger partial charge in [-0.1, -0.05) is 12.1 Å². The molecule has 0 unspecified atom stereocenters. The lowest BCUT2D eigenvalue weighted by Gasteiger charge is -1.99. The minimum absolute atomic E-state index is 0.117. The molecule has 7 nitrogen and oxygen atoms in total. The summed E-state index contributed by atoms with van der Waals surface area (Å²) in [4.78, 5) is 13.7. The number of hydrazone groups is 1. The van der Waals surface area contributed by atoms with Crippen LogP contribution in [0, 0.1) is 6.92 Å². The van der Waals surface area contributed by atoms with Gasteiger partial charge in [0, 0.05) is 5.56 Å². The summed E-state index contributed by atoms with van der Waals surface area (Å²) in [6.45, 7) is 1.56. The Hall–Kier alpha value is -2.70. The number of aryl methyl sites for hydroxylation is 1. The van der Waals surface area contributed by atoms with Gasteiger partial charge in [-0.2, -0.15) is 5.10 Å².